The minimum atomic E-state index is -3.56. The van der Waals surface area contributed by atoms with E-state index < -0.39 is 16.0 Å². The van der Waals surface area contributed by atoms with Crippen LogP contribution >= 0.6 is 15.9 Å². The lowest BCUT2D eigenvalue weighted by Gasteiger charge is -2.14. The summed E-state index contributed by atoms with van der Waals surface area (Å²) in [5.41, 5.74) is 2.97. The highest BCUT2D eigenvalue weighted by molar-refractivity contribution is 9.10. The maximum Gasteiger partial charge on any atom is 0.307 e. The van der Waals surface area contributed by atoms with Crippen LogP contribution in [0.25, 0.3) is 0 Å². The van der Waals surface area contributed by atoms with Crippen LogP contribution in [-0.2, 0) is 27.7 Å². The quantitative estimate of drug-likeness (QED) is 0.747. The molecule has 0 saturated carbocycles. The molecule has 0 fully saturated rings. The standard InChI is InChI=1S/C18H18BrNO4S/c19-15-5-7-16(8-6-15)25(23,24)20-11-14-4-3-13-2-1-12(9-17(13)14)10-18(21)22/h1-2,5-9,14,20H,3-4,10-11H2,(H,21,22). The Morgan fingerprint density at radius 3 is 2.60 bits per heavy atom. The molecule has 7 heteroatoms. The van der Waals surface area contributed by atoms with Gasteiger partial charge in [0.15, 0.2) is 0 Å². The molecule has 0 bridgehead atoms. The lowest BCUT2D eigenvalue weighted by atomic mass is 9.98. The van der Waals surface area contributed by atoms with Crippen LogP contribution < -0.4 is 4.72 Å². The number of rotatable bonds is 6. The molecule has 132 valence electrons. The van der Waals surface area contributed by atoms with Gasteiger partial charge in [-0.3, -0.25) is 4.79 Å². The van der Waals surface area contributed by atoms with E-state index in [-0.39, 0.29) is 17.2 Å². The van der Waals surface area contributed by atoms with Gasteiger partial charge in [0.25, 0.3) is 0 Å². The van der Waals surface area contributed by atoms with Crippen molar-refractivity contribution < 1.29 is 18.3 Å². The number of aliphatic carboxylic acids is 1. The van der Waals surface area contributed by atoms with E-state index in [0.29, 0.717) is 6.54 Å². The Morgan fingerprint density at radius 2 is 1.92 bits per heavy atom. The van der Waals surface area contributed by atoms with Crippen LogP contribution in [0.4, 0.5) is 0 Å². The Balaban J connectivity index is 1.73. The summed E-state index contributed by atoms with van der Waals surface area (Å²) in [5, 5.41) is 8.94. The monoisotopic (exact) mass is 423 g/mol. The molecule has 0 amide bonds. The van der Waals surface area contributed by atoms with Crippen LogP contribution in [0.15, 0.2) is 51.8 Å². The third kappa shape index (κ3) is 4.29. The van der Waals surface area contributed by atoms with Gasteiger partial charge in [0.2, 0.25) is 10.0 Å². The summed E-state index contributed by atoms with van der Waals surface area (Å²) in [6, 6.07) is 12.2. The molecule has 0 heterocycles. The van der Waals surface area contributed by atoms with E-state index >= 15 is 0 Å². The highest BCUT2D eigenvalue weighted by Gasteiger charge is 2.25. The molecule has 1 unspecified atom stereocenters. The summed E-state index contributed by atoms with van der Waals surface area (Å²) in [7, 11) is -3.56. The van der Waals surface area contributed by atoms with E-state index in [4.69, 9.17) is 5.11 Å². The van der Waals surface area contributed by atoms with Crippen molar-refractivity contribution in [3.8, 4) is 0 Å². The molecule has 0 spiro atoms. The minimum absolute atomic E-state index is 0.0232. The smallest absolute Gasteiger partial charge is 0.307 e. The Kier molecular flexibility index (Phi) is 5.27. The van der Waals surface area contributed by atoms with Gasteiger partial charge in [-0.05, 0) is 59.7 Å². The van der Waals surface area contributed by atoms with Crippen LogP contribution in [0.2, 0.25) is 0 Å². The van der Waals surface area contributed by atoms with Gasteiger partial charge in [0.1, 0.15) is 0 Å². The van der Waals surface area contributed by atoms with E-state index in [1.807, 2.05) is 18.2 Å². The maximum absolute atomic E-state index is 12.4. The SMILES string of the molecule is O=C(O)Cc1ccc2c(c1)C(CNS(=O)(=O)c1ccc(Br)cc1)CC2. The van der Waals surface area contributed by atoms with E-state index in [0.717, 1.165) is 28.4 Å². The molecule has 2 aromatic carbocycles. The van der Waals surface area contributed by atoms with E-state index in [9.17, 15) is 13.2 Å². The number of carboxylic acids is 1. The number of fused-ring (bicyclic) bond motifs is 1. The summed E-state index contributed by atoms with van der Waals surface area (Å²) in [5.74, 6) is -0.806. The molecule has 0 saturated heterocycles. The van der Waals surface area contributed by atoms with E-state index in [1.165, 1.54) is 5.56 Å². The molecule has 1 aliphatic carbocycles. The molecule has 5 nitrogen and oxygen atoms in total. The maximum atomic E-state index is 12.4. The van der Waals surface area contributed by atoms with Crippen LogP contribution in [0.3, 0.4) is 0 Å². The van der Waals surface area contributed by atoms with Crippen molar-refractivity contribution in [2.45, 2.75) is 30.1 Å². The van der Waals surface area contributed by atoms with Gasteiger partial charge in [-0.25, -0.2) is 13.1 Å². The highest BCUT2D eigenvalue weighted by Crippen LogP contribution is 2.33. The Hall–Kier alpha value is -1.70. The molecule has 1 atom stereocenters. The average Bonchev–Trinajstić information content (AvgIpc) is 2.95. The molecule has 1 aliphatic rings. The minimum Gasteiger partial charge on any atom is -0.481 e. The molecule has 3 rings (SSSR count). The van der Waals surface area contributed by atoms with Crippen molar-refractivity contribution in [2.24, 2.45) is 0 Å². The van der Waals surface area contributed by atoms with Crippen molar-refractivity contribution in [2.75, 3.05) is 6.54 Å². The zero-order valence-corrected chi connectivity index (χ0v) is 15.8. The summed E-state index contributed by atoms with van der Waals surface area (Å²) >= 11 is 3.29. The van der Waals surface area contributed by atoms with Crippen molar-refractivity contribution in [1.29, 1.82) is 0 Å². The first-order valence-electron chi connectivity index (χ1n) is 7.94. The lowest BCUT2D eigenvalue weighted by Crippen LogP contribution is -2.28. The van der Waals surface area contributed by atoms with Crippen LogP contribution in [0.1, 0.15) is 29.0 Å². The predicted molar refractivity (Wildman–Crippen MR) is 98.2 cm³/mol. The average molecular weight is 424 g/mol. The second kappa shape index (κ2) is 7.27. The molecular weight excluding hydrogens is 406 g/mol. The van der Waals surface area contributed by atoms with Crippen molar-refractivity contribution in [3.05, 3.63) is 63.6 Å². The van der Waals surface area contributed by atoms with Gasteiger partial charge in [-0.15, -0.1) is 0 Å². The molecule has 2 N–H and O–H groups in total. The number of nitrogens with one attached hydrogen (secondary N) is 1. The van der Waals surface area contributed by atoms with Gasteiger partial charge in [-0.1, -0.05) is 34.1 Å². The molecule has 0 radical (unpaired) electrons. The fourth-order valence-electron chi connectivity index (χ4n) is 3.14. The second-order valence-electron chi connectivity index (χ2n) is 6.15. The van der Waals surface area contributed by atoms with Gasteiger partial charge in [-0.2, -0.15) is 0 Å². The molecule has 0 aliphatic heterocycles. The first-order chi connectivity index (χ1) is 11.8. The van der Waals surface area contributed by atoms with E-state index in [1.54, 1.807) is 24.3 Å². The zero-order chi connectivity index (χ0) is 18.0. The van der Waals surface area contributed by atoms with Crippen molar-refractivity contribution in [3.63, 3.8) is 0 Å². The molecule has 0 aromatic heterocycles. The Bertz CT molecular complexity index is 894. The van der Waals surface area contributed by atoms with Crippen LogP contribution in [0.5, 0.6) is 0 Å². The Morgan fingerprint density at radius 1 is 1.20 bits per heavy atom. The summed E-state index contributed by atoms with van der Waals surface area (Å²) in [6.45, 7) is 0.307. The van der Waals surface area contributed by atoms with Crippen LogP contribution in [-0.4, -0.2) is 26.0 Å². The third-order valence-electron chi connectivity index (χ3n) is 4.41. The lowest BCUT2D eigenvalue weighted by molar-refractivity contribution is -0.136. The van der Waals surface area contributed by atoms with Gasteiger partial charge in [0, 0.05) is 11.0 Å². The fraction of sp³-hybridized carbons (Fsp3) is 0.278. The third-order valence-corrected chi connectivity index (χ3v) is 6.38. The number of carboxylic acid groups (broad SMARTS) is 1. The number of carbonyl (C=O) groups is 1. The second-order valence-corrected chi connectivity index (χ2v) is 8.83. The highest BCUT2D eigenvalue weighted by atomic mass is 79.9. The largest absolute Gasteiger partial charge is 0.481 e. The predicted octanol–water partition coefficient (Wildman–Crippen LogP) is 3.08. The number of hydrogen-bond acceptors (Lipinski definition) is 3. The molecule has 2 aromatic rings. The topological polar surface area (TPSA) is 83.5 Å². The molecule has 25 heavy (non-hydrogen) atoms. The normalized spacial score (nSPS) is 16.6. The van der Waals surface area contributed by atoms with Crippen LogP contribution in [0, 0.1) is 0 Å². The number of hydrogen-bond donors (Lipinski definition) is 2. The number of aryl methyl sites for hydroxylation is 1. The summed E-state index contributed by atoms with van der Waals surface area (Å²) < 4.78 is 28.3. The molecular formula is C18H18BrNO4S. The number of halogens is 1. The van der Waals surface area contributed by atoms with Gasteiger partial charge >= 0.3 is 5.97 Å². The summed E-state index contributed by atoms with van der Waals surface area (Å²) in [6.07, 6.45) is 1.71. The van der Waals surface area contributed by atoms with Crippen molar-refractivity contribution in [1.82, 2.24) is 4.72 Å². The summed E-state index contributed by atoms with van der Waals surface area (Å²) in [4.78, 5) is 11.1. The fourth-order valence-corrected chi connectivity index (χ4v) is 4.49. The first-order valence-corrected chi connectivity index (χ1v) is 10.2. The number of benzene rings is 2. The van der Waals surface area contributed by atoms with Gasteiger partial charge in [0.05, 0.1) is 11.3 Å². The van der Waals surface area contributed by atoms with Crippen molar-refractivity contribution >= 4 is 31.9 Å². The number of sulfonamides is 1. The first kappa shape index (κ1) is 18.1. The van der Waals surface area contributed by atoms with Gasteiger partial charge < -0.3 is 5.11 Å². The Labute approximate surface area is 155 Å². The van der Waals surface area contributed by atoms with E-state index in [2.05, 4.69) is 20.7 Å². The zero-order valence-electron chi connectivity index (χ0n) is 13.4.